The summed E-state index contributed by atoms with van der Waals surface area (Å²) in [5.74, 6) is 4.49. The lowest BCUT2D eigenvalue weighted by Crippen LogP contribution is -2.87. The Labute approximate surface area is 79.6 Å². The second kappa shape index (κ2) is 1.82. The third kappa shape index (κ3) is 0.465. The van der Waals surface area contributed by atoms with Crippen molar-refractivity contribution in [2.24, 2.45) is 29.1 Å². The quantitative estimate of drug-likeness (QED) is 0.678. The first kappa shape index (κ1) is 6.92. The SMILES string of the molecule is C/C=C/NC1C2CC3CC4CC1C342. The van der Waals surface area contributed by atoms with Crippen molar-refractivity contribution in [2.75, 3.05) is 0 Å². The van der Waals surface area contributed by atoms with Crippen molar-refractivity contribution >= 4 is 0 Å². The largest absolute Gasteiger partial charge is 0.388 e. The summed E-state index contributed by atoms with van der Waals surface area (Å²) in [5, 5.41) is 3.59. The lowest BCUT2D eigenvalue weighted by Gasteiger charge is -2.88. The van der Waals surface area contributed by atoms with Crippen LogP contribution in [0.15, 0.2) is 12.3 Å². The van der Waals surface area contributed by atoms with Crippen LogP contribution in [0, 0.1) is 29.1 Å². The molecular formula is C12H17N. The summed E-state index contributed by atoms with van der Waals surface area (Å²) in [4.78, 5) is 0. The van der Waals surface area contributed by atoms with Gasteiger partial charge in [0.25, 0.3) is 0 Å². The summed E-state index contributed by atoms with van der Waals surface area (Å²) >= 11 is 0. The maximum absolute atomic E-state index is 3.59. The van der Waals surface area contributed by atoms with E-state index in [2.05, 4.69) is 24.5 Å². The Morgan fingerprint density at radius 3 is 2.38 bits per heavy atom. The average Bonchev–Trinajstić information content (AvgIpc) is 1.99. The van der Waals surface area contributed by atoms with E-state index < -0.39 is 0 Å². The maximum atomic E-state index is 3.59. The van der Waals surface area contributed by atoms with Gasteiger partial charge in [0.1, 0.15) is 0 Å². The average molecular weight is 175 g/mol. The Balaban J connectivity index is 1.55. The van der Waals surface area contributed by atoms with E-state index >= 15 is 0 Å². The molecule has 0 bridgehead atoms. The molecule has 0 aromatic heterocycles. The summed E-state index contributed by atoms with van der Waals surface area (Å²) in [6, 6.07) is 0.865. The Bertz CT molecular complexity index is 271. The number of hydrogen-bond donors (Lipinski definition) is 1. The first-order valence-corrected chi connectivity index (χ1v) is 5.76. The van der Waals surface area contributed by atoms with E-state index in [1.807, 2.05) is 0 Å². The highest BCUT2D eigenvalue weighted by molar-refractivity contribution is 5.34. The molecule has 1 heteroatoms. The molecular weight excluding hydrogens is 158 g/mol. The summed E-state index contributed by atoms with van der Waals surface area (Å²) in [5.41, 5.74) is 0.930. The van der Waals surface area contributed by atoms with Crippen LogP contribution in [0.5, 0.6) is 0 Å². The van der Waals surface area contributed by atoms with E-state index in [0.717, 1.165) is 23.3 Å². The van der Waals surface area contributed by atoms with Crippen molar-refractivity contribution < 1.29 is 0 Å². The zero-order valence-corrected chi connectivity index (χ0v) is 8.16. The van der Waals surface area contributed by atoms with Crippen LogP contribution >= 0.6 is 0 Å². The minimum absolute atomic E-state index is 0.865. The Morgan fingerprint density at radius 1 is 1.15 bits per heavy atom. The summed E-state index contributed by atoms with van der Waals surface area (Å²) < 4.78 is 0. The molecule has 4 saturated carbocycles. The monoisotopic (exact) mass is 175 g/mol. The Morgan fingerprint density at radius 2 is 1.85 bits per heavy atom. The highest BCUT2D eigenvalue weighted by Crippen LogP contribution is 2.87. The van der Waals surface area contributed by atoms with Crippen molar-refractivity contribution in [3.05, 3.63) is 12.3 Å². The molecule has 0 amide bonds. The van der Waals surface area contributed by atoms with Crippen molar-refractivity contribution in [1.29, 1.82) is 0 Å². The molecule has 0 aromatic rings. The first-order chi connectivity index (χ1) is 6.39. The minimum atomic E-state index is 0.865. The Hall–Kier alpha value is -0.460. The smallest absolute Gasteiger partial charge is 0.0323 e. The van der Waals surface area contributed by atoms with Crippen molar-refractivity contribution in [3.63, 3.8) is 0 Å². The van der Waals surface area contributed by atoms with Gasteiger partial charge in [-0.25, -0.2) is 0 Å². The topological polar surface area (TPSA) is 12.0 Å². The van der Waals surface area contributed by atoms with E-state index in [1.54, 1.807) is 19.3 Å². The molecule has 13 heavy (non-hydrogen) atoms. The third-order valence-corrected chi connectivity index (χ3v) is 5.67. The van der Waals surface area contributed by atoms with Crippen LogP contribution in [0.1, 0.15) is 26.2 Å². The molecule has 0 radical (unpaired) electrons. The summed E-state index contributed by atoms with van der Waals surface area (Å²) in [7, 11) is 0. The summed E-state index contributed by atoms with van der Waals surface area (Å²) in [6.07, 6.45) is 8.95. The zero-order valence-electron chi connectivity index (χ0n) is 8.16. The van der Waals surface area contributed by atoms with Crippen LogP contribution in [-0.4, -0.2) is 6.04 Å². The van der Waals surface area contributed by atoms with E-state index in [-0.39, 0.29) is 0 Å². The lowest BCUT2D eigenvalue weighted by molar-refractivity contribution is -0.390. The van der Waals surface area contributed by atoms with Gasteiger partial charge in [-0.05, 0) is 61.5 Å². The fraction of sp³-hybridized carbons (Fsp3) is 0.833. The molecule has 1 spiro atoms. The van der Waals surface area contributed by atoms with E-state index in [1.165, 1.54) is 11.8 Å². The second-order valence-corrected chi connectivity index (χ2v) is 5.51. The molecule has 4 atom stereocenters. The predicted molar refractivity (Wildman–Crippen MR) is 52.0 cm³/mol. The van der Waals surface area contributed by atoms with Gasteiger partial charge < -0.3 is 5.32 Å². The molecule has 0 aromatic carbocycles. The van der Waals surface area contributed by atoms with Crippen LogP contribution in [0.4, 0.5) is 0 Å². The third-order valence-electron chi connectivity index (χ3n) is 5.67. The van der Waals surface area contributed by atoms with Crippen LogP contribution in [0.3, 0.4) is 0 Å². The van der Waals surface area contributed by atoms with Gasteiger partial charge in [-0.3, -0.25) is 0 Å². The normalized spacial score (nSPS) is 65.2. The van der Waals surface area contributed by atoms with E-state index in [0.29, 0.717) is 0 Å². The van der Waals surface area contributed by atoms with Crippen LogP contribution in [0.2, 0.25) is 0 Å². The molecule has 4 aliphatic rings. The van der Waals surface area contributed by atoms with Gasteiger partial charge in [0, 0.05) is 6.04 Å². The number of rotatable bonds is 2. The van der Waals surface area contributed by atoms with Gasteiger partial charge >= 0.3 is 0 Å². The molecule has 0 aliphatic heterocycles. The molecule has 1 nitrogen and oxygen atoms in total. The van der Waals surface area contributed by atoms with E-state index in [4.69, 9.17) is 0 Å². The lowest BCUT2D eigenvalue weighted by atomic mass is 9.17. The van der Waals surface area contributed by atoms with Crippen molar-refractivity contribution in [2.45, 2.75) is 32.2 Å². The predicted octanol–water partition coefficient (Wildman–Crippen LogP) is 2.15. The highest BCUT2D eigenvalue weighted by atomic mass is 15.0. The standard InChI is InChI=1S/C12H17N/c1-2-3-13-11-9-5-7-4-8-6-10(11)12(7,8)9/h2-3,7-11,13H,4-6H2,1H3/b3-2+. The van der Waals surface area contributed by atoms with Gasteiger partial charge in [0.05, 0.1) is 0 Å². The molecule has 4 fully saturated rings. The second-order valence-electron chi connectivity index (χ2n) is 5.51. The first-order valence-electron chi connectivity index (χ1n) is 5.76. The molecule has 4 aliphatic carbocycles. The number of hydrogen-bond acceptors (Lipinski definition) is 1. The van der Waals surface area contributed by atoms with Gasteiger partial charge in [0.2, 0.25) is 0 Å². The van der Waals surface area contributed by atoms with Gasteiger partial charge in [0.15, 0.2) is 0 Å². The van der Waals surface area contributed by atoms with Crippen molar-refractivity contribution in [3.8, 4) is 0 Å². The molecule has 0 heterocycles. The fourth-order valence-electron chi connectivity index (χ4n) is 5.23. The highest BCUT2D eigenvalue weighted by Gasteiger charge is 2.84. The molecule has 0 saturated heterocycles. The van der Waals surface area contributed by atoms with Gasteiger partial charge in [-0.2, -0.15) is 0 Å². The fourth-order valence-corrected chi connectivity index (χ4v) is 5.23. The van der Waals surface area contributed by atoms with E-state index in [9.17, 15) is 0 Å². The molecule has 70 valence electrons. The van der Waals surface area contributed by atoms with Crippen LogP contribution < -0.4 is 5.32 Å². The Kier molecular flexibility index (Phi) is 0.968. The molecule has 4 rings (SSSR count). The van der Waals surface area contributed by atoms with Crippen LogP contribution in [0.25, 0.3) is 0 Å². The maximum Gasteiger partial charge on any atom is 0.0323 e. The minimum Gasteiger partial charge on any atom is -0.388 e. The molecule has 1 N–H and O–H groups in total. The van der Waals surface area contributed by atoms with Gasteiger partial charge in [-0.15, -0.1) is 0 Å². The number of nitrogens with one attached hydrogen (secondary N) is 1. The van der Waals surface area contributed by atoms with Crippen molar-refractivity contribution in [1.82, 2.24) is 5.32 Å². The van der Waals surface area contributed by atoms with Gasteiger partial charge in [-0.1, -0.05) is 6.08 Å². The van der Waals surface area contributed by atoms with Crippen LogP contribution in [-0.2, 0) is 0 Å². The zero-order chi connectivity index (χ0) is 8.63. The molecule has 4 unspecified atom stereocenters. The summed E-state index contributed by atoms with van der Waals surface area (Å²) in [6.45, 7) is 2.10. The number of allylic oxidation sites excluding steroid dienone is 1.